The van der Waals surface area contributed by atoms with Gasteiger partial charge in [0.05, 0.1) is 24.8 Å². The summed E-state index contributed by atoms with van der Waals surface area (Å²) < 4.78 is 4.93. The standard InChI is InChI=1S/C34H39N7O3/c1-20-30-26-13-28(25-5-3-4-6-29(25)42)38-39-31(26)37-27(30)9-12-41(20)33-35-18-23(19-36-33)21-7-10-40(11-8-21)24-16-34(17-24)14-22(15-34)32(43)44-2/h3-6,13,18-22,24,42H,7-12,14-17H2,1-2H3,(H,37,39)/t20-,22?,24?,34?/m0/s1. The van der Waals surface area contributed by atoms with Crippen LogP contribution >= 0.6 is 0 Å². The van der Waals surface area contributed by atoms with E-state index in [4.69, 9.17) is 14.7 Å². The molecule has 2 N–H and O–H groups in total. The highest BCUT2D eigenvalue weighted by atomic mass is 16.5. The number of anilines is 1. The van der Waals surface area contributed by atoms with E-state index in [0.717, 1.165) is 68.7 Å². The van der Waals surface area contributed by atoms with Crippen LogP contribution in [-0.4, -0.2) is 73.9 Å². The highest BCUT2D eigenvalue weighted by Gasteiger charge is 2.56. The minimum atomic E-state index is -0.0280. The fourth-order valence-corrected chi connectivity index (χ4v) is 8.55. The van der Waals surface area contributed by atoms with Crippen molar-refractivity contribution in [2.24, 2.45) is 11.3 Å². The van der Waals surface area contributed by atoms with E-state index in [9.17, 15) is 9.90 Å². The predicted octanol–water partition coefficient (Wildman–Crippen LogP) is 5.16. The largest absolute Gasteiger partial charge is 0.507 e. The number of piperidine rings is 1. The van der Waals surface area contributed by atoms with Crippen LogP contribution in [0.2, 0.25) is 0 Å². The van der Waals surface area contributed by atoms with E-state index < -0.39 is 0 Å². The first-order valence-corrected chi connectivity index (χ1v) is 16.0. The van der Waals surface area contributed by atoms with Gasteiger partial charge >= 0.3 is 5.97 Å². The number of hydrogen-bond donors (Lipinski definition) is 2. The number of aromatic amines is 1. The summed E-state index contributed by atoms with van der Waals surface area (Å²) >= 11 is 0. The van der Waals surface area contributed by atoms with Crippen LogP contribution in [0.4, 0.5) is 5.95 Å². The Morgan fingerprint density at radius 3 is 2.52 bits per heavy atom. The van der Waals surface area contributed by atoms with Gasteiger partial charge in [-0.05, 0) is 93.6 Å². The quantitative estimate of drug-likeness (QED) is 0.303. The highest BCUT2D eigenvalue weighted by molar-refractivity contribution is 5.86. The van der Waals surface area contributed by atoms with Crippen molar-refractivity contribution in [1.82, 2.24) is 30.0 Å². The fraction of sp³-hybridized carbons (Fsp3) is 0.500. The molecule has 228 valence electrons. The van der Waals surface area contributed by atoms with Crippen LogP contribution in [0.3, 0.4) is 0 Å². The van der Waals surface area contributed by atoms with Crippen LogP contribution < -0.4 is 4.90 Å². The predicted molar refractivity (Wildman–Crippen MR) is 166 cm³/mol. The van der Waals surface area contributed by atoms with Gasteiger partial charge in [-0.1, -0.05) is 12.1 Å². The fourth-order valence-electron chi connectivity index (χ4n) is 8.55. The molecule has 0 unspecified atom stereocenters. The summed E-state index contributed by atoms with van der Waals surface area (Å²) in [6.45, 7) is 5.25. The molecule has 10 heteroatoms. The van der Waals surface area contributed by atoms with Gasteiger partial charge in [0.2, 0.25) is 5.95 Å². The summed E-state index contributed by atoms with van der Waals surface area (Å²) in [5, 5.41) is 20.3. The van der Waals surface area contributed by atoms with Crippen molar-refractivity contribution < 1.29 is 14.6 Å². The molecular formula is C34H39N7O3. The van der Waals surface area contributed by atoms with Crippen LogP contribution in [-0.2, 0) is 16.0 Å². The lowest BCUT2D eigenvalue weighted by atomic mass is 9.49. The van der Waals surface area contributed by atoms with Crippen molar-refractivity contribution in [2.75, 3.05) is 31.6 Å². The Labute approximate surface area is 256 Å². The molecule has 1 saturated heterocycles. The number of esters is 1. The molecule has 44 heavy (non-hydrogen) atoms. The molecule has 2 saturated carbocycles. The van der Waals surface area contributed by atoms with E-state index in [0.29, 0.717) is 28.6 Å². The van der Waals surface area contributed by atoms with Gasteiger partial charge in [0.25, 0.3) is 0 Å². The Morgan fingerprint density at radius 2 is 1.80 bits per heavy atom. The maximum atomic E-state index is 11.8. The molecule has 2 aliphatic carbocycles. The third-order valence-corrected chi connectivity index (χ3v) is 11.0. The number of hydrogen-bond acceptors (Lipinski definition) is 9. The summed E-state index contributed by atoms with van der Waals surface area (Å²) in [6, 6.07) is 9.99. The number of carbonyl (C=O) groups is 1. The molecule has 3 aromatic heterocycles. The first kappa shape index (κ1) is 27.5. The smallest absolute Gasteiger partial charge is 0.308 e. The van der Waals surface area contributed by atoms with Gasteiger partial charge in [-0.2, -0.15) is 0 Å². The molecule has 0 bridgehead atoms. The number of carbonyl (C=O) groups excluding carboxylic acids is 1. The number of ether oxygens (including phenoxy) is 1. The number of likely N-dealkylation sites (tertiary alicyclic amines) is 1. The Bertz CT molecular complexity index is 1700. The third kappa shape index (κ3) is 4.53. The molecule has 10 nitrogen and oxygen atoms in total. The number of methoxy groups -OCH3 is 1. The molecule has 4 aliphatic rings. The van der Waals surface area contributed by atoms with Crippen molar-refractivity contribution in [1.29, 1.82) is 0 Å². The van der Waals surface area contributed by atoms with Gasteiger partial charge in [-0.15, -0.1) is 10.2 Å². The lowest BCUT2D eigenvalue weighted by Crippen LogP contribution is -2.58. The number of nitrogens with one attached hydrogen (secondary N) is 1. The monoisotopic (exact) mass is 593 g/mol. The van der Waals surface area contributed by atoms with Gasteiger partial charge in [-0.25, -0.2) is 9.97 Å². The van der Waals surface area contributed by atoms with E-state index in [1.54, 1.807) is 12.1 Å². The second kappa shape index (κ2) is 10.5. The number of fused-ring (bicyclic) bond motifs is 3. The summed E-state index contributed by atoms with van der Waals surface area (Å²) in [5.41, 5.74) is 6.10. The van der Waals surface area contributed by atoms with Crippen molar-refractivity contribution in [2.45, 2.75) is 69.9 Å². The number of aromatic nitrogens is 5. The van der Waals surface area contributed by atoms with Crippen molar-refractivity contribution >= 4 is 23.0 Å². The normalized spacial score (nSPS) is 27.1. The molecule has 8 rings (SSSR count). The van der Waals surface area contributed by atoms with Gasteiger partial charge in [-0.3, -0.25) is 4.79 Å². The second-order valence-electron chi connectivity index (χ2n) is 13.5. The Morgan fingerprint density at radius 1 is 1.05 bits per heavy atom. The first-order valence-electron chi connectivity index (χ1n) is 16.0. The second-order valence-corrected chi connectivity index (χ2v) is 13.5. The number of benzene rings is 1. The zero-order valence-electron chi connectivity index (χ0n) is 25.4. The van der Waals surface area contributed by atoms with Crippen LogP contribution in [0.15, 0.2) is 42.7 Å². The van der Waals surface area contributed by atoms with E-state index >= 15 is 0 Å². The third-order valence-electron chi connectivity index (χ3n) is 11.0. The number of para-hydroxylation sites is 1. The maximum absolute atomic E-state index is 11.8. The van der Waals surface area contributed by atoms with Crippen LogP contribution in [0.1, 0.15) is 74.2 Å². The lowest BCUT2D eigenvalue weighted by molar-refractivity contribution is -0.163. The molecule has 0 radical (unpaired) electrons. The molecule has 5 heterocycles. The van der Waals surface area contributed by atoms with Crippen LogP contribution in [0.25, 0.3) is 22.3 Å². The number of rotatable bonds is 5. The van der Waals surface area contributed by atoms with Gasteiger partial charge in [0.1, 0.15) is 5.75 Å². The zero-order valence-corrected chi connectivity index (χ0v) is 25.4. The van der Waals surface area contributed by atoms with E-state index in [-0.39, 0.29) is 23.7 Å². The van der Waals surface area contributed by atoms with E-state index in [1.807, 2.05) is 30.6 Å². The molecule has 4 aromatic rings. The minimum Gasteiger partial charge on any atom is -0.507 e. The number of phenols is 1. The van der Waals surface area contributed by atoms with E-state index in [1.165, 1.54) is 36.8 Å². The van der Waals surface area contributed by atoms with Crippen LogP contribution in [0, 0.1) is 11.3 Å². The Balaban J connectivity index is 0.917. The molecule has 1 aromatic carbocycles. The highest BCUT2D eigenvalue weighted by Crippen LogP contribution is 2.60. The summed E-state index contributed by atoms with van der Waals surface area (Å²) in [6.07, 6.45) is 11.7. The molecular weight excluding hydrogens is 554 g/mol. The molecule has 1 spiro atoms. The average molecular weight is 594 g/mol. The molecule has 3 fully saturated rings. The maximum Gasteiger partial charge on any atom is 0.308 e. The topological polar surface area (TPSA) is 120 Å². The number of H-pyrrole nitrogens is 1. The lowest BCUT2D eigenvalue weighted by Gasteiger charge is -2.60. The van der Waals surface area contributed by atoms with E-state index in [2.05, 4.69) is 31.9 Å². The van der Waals surface area contributed by atoms with Gasteiger partial charge in [0, 0.05) is 53.6 Å². The van der Waals surface area contributed by atoms with Crippen LogP contribution in [0.5, 0.6) is 5.75 Å². The van der Waals surface area contributed by atoms with Gasteiger partial charge < -0.3 is 24.6 Å². The summed E-state index contributed by atoms with van der Waals surface area (Å²) in [5.74, 6) is 1.54. The summed E-state index contributed by atoms with van der Waals surface area (Å²) in [7, 11) is 1.50. The molecule has 0 amide bonds. The average Bonchev–Trinajstić information content (AvgIpc) is 3.39. The Kier molecular flexibility index (Phi) is 6.59. The number of phenolic OH excluding ortho intramolecular Hbond substituents is 1. The first-order chi connectivity index (χ1) is 21.4. The van der Waals surface area contributed by atoms with Gasteiger partial charge in [0.15, 0.2) is 5.65 Å². The number of aromatic hydroxyl groups is 1. The molecule has 1 atom stereocenters. The Hall–Kier alpha value is -4.05. The zero-order chi connectivity index (χ0) is 30.0. The van der Waals surface area contributed by atoms with Crippen molar-refractivity contribution in [3.8, 4) is 17.0 Å². The minimum absolute atomic E-state index is 0.0280. The number of nitrogens with zero attached hydrogens (tertiary/aromatic N) is 6. The molecule has 2 aliphatic heterocycles. The summed E-state index contributed by atoms with van der Waals surface area (Å²) in [4.78, 5) is 30.0. The van der Waals surface area contributed by atoms with Crippen molar-refractivity contribution in [3.63, 3.8) is 0 Å². The van der Waals surface area contributed by atoms with Crippen molar-refractivity contribution in [3.05, 3.63) is 59.5 Å². The SMILES string of the molecule is COC(=O)C1CC2(C1)CC(N1CCC(c3cnc(N4CCc5[nH]c6nnc(-c7ccccc7O)cc6c5[C@@H]4C)nc3)CC1)C2.